The van der Waals surface area contributed by atoms with Crippen LogP contribution in [0.1, 0.15) is 24.2 Å². The summed E-state index contributed by atoms with van der Waals surface area (Å²) in [6, 6.07) is 15.1. The van der Waals surface area contributed by atoms with Crippen molar-refractivity contribution < 1.29 is 22.7 Å². The van der Waals surface area contributed by atoms with Gasteiger partial charge in [-0.3, -0.25) is 9.69 Å². The van der Waals surface area contributed by atoms with E-state index in [9.17, 15) is 18.0 Å². The van der Waals surface area contributed by atoms with E-state index in [1.54, 1.807) is 19.9 Å². The van der Waals surface area contributed by atoms with Crippen LogP contribution in [0.2, 0.25) is 10.0 Å². The third-order valence-electron chi connectivity index (χ3n) is 6.23. The molecule has 202 valence electrons. The van der Waals surface area contributed by atoms with Crippen molar-refractivity contribution in [3.63, 3.8) is 0 Å². The van der Waals surface area contributed by atoms with Crippen molar-refractivity contribution in [3.05, 3.63) is 70.2 Å². The summed E-state index contributed by atoms with van der Waals surface area (Å²) in [6.07, 6.45) is 0. The van der Waals surface area contributed by atoms with Gasteiger partial charge in [0.25, 0.3) is 0 Å². The van der Waals surface area contributed by atoms with E-state index in [0.29, 0.717) is 23.7 Å². The smallest absolute Gasteiger partial charge is 0.341 e. The Balaban J connectivity index is 1.45. The van der Waals surface area contributed by atoms with E-state index in [1.165, 1.54) is 33.8 Å². The van der Waals surface area contributed by atoms with Crippen molar-refractivity contribution in [3.8, 4) is 10.4 Å². The Labute approximate surface area is 236 Å². The van der Waals surface area contributed by atoms with Gasteiger partial charge in [0.15, 0.2) is 0 Å². The number of hydrogen-bond acceptors (Lipinski definition) is 7. The zero-order chi connectivity index (χ0) is 27.4. The summed E-state index contributed by atoms with van der Waals surface area (Å²) in [6.45, 7) is 4.76. The Morgan fingerprint density at radius 2 is 1.74 bits per heavy atom. The van der Waals surface area contributed by atoms with Gasteiger partial charge in [-0.05, 0) is 43.7 Å². The summed E-state index contributed by atoms with van der Waals surface area (Å²) < 4.78 is 32.8. The highest BCUT2D eigenvalue weighted by Gasteiger charge is 2.33. The number of sulfonamides is 1. The fourth-order valence-corrected chi connectivity index (χ4v) is 7.33. The first-order valence-corrected chi connectivity index (χ1v) is 15.0. The number of piperazine rings is 1. The molecule has 1 aliphatic rings. The summed E-state index contributed by atoms with van der Waals surface area (Å²) in [5.41, 5.74) is 1.22. The van der Waals surface area contributed by atoms with Crippen molar-refractivity contribution in [1.82, 2.24) is 9.21 Å². The van der Waals surface area contributed by atoms with E-state index < -0.39 is 22.0 Å². The number of nitrogens with one attached hydrogen (secondary N) is 1. The lowest BCUT2D eigenvalue weighted by Crippen LogP contribution is -2.53. The Kier molecular flexibility index (Phi) is 9.12. The molecule has 1 fully saturated rings. The minimum Gasteiger partial charge on any atom is -0.462 e. The Bertz CT molecular complexity index is 1420. The molecule has 38 heavy (non-hydrogen) atoms. The molecule has 0 spiro atoms. The average Bonchev–Trinajstić information content (AvgIpc) is 3.34. The standard InChI is InChI=1S/C26H27Cl2N3O5S2/c1-3-36-26(33)20-16-22(18-7-5-4-6-8-18)37-25(20)29-24(32)17(2)30-11-13-31(14-12-30)38(34,35)23-15-19(27)9-10-21(23)28/h4-10,15-17H,3,11-14H2,1-2H3,(H,29,32)/t17-/m0/s1. The maximum Gasteiger partial charge on any atom is 0.341 e. The molecule has 1 atom stereocenters. The number of thiophene rings is 1. The topological polar surface area (TPSA) is 96.0 Å². The van der Waals surface area contributed by atoms with E-state index in [-0.39, 0.29) is 40.5 Å². The van der Waals surface area contributed by atoms with Gasteiger partial charge in [-0.15, -0.1) is 11.3 Å². The number of halogens is 2. The van der Waals surface area contributed by atoms with Gasteiger partial charge in [0.05, 0.1) is 23.2 Å². The highest BCUT2D eigenvalue weighted by molar-refractivity contribution is 7.89. The maximum atomic E-state index is 13.2. The van der Waals surface area contributed by atoms with E-state index in [2.05, 4.69) is 5.32 Å². The molecule has 1 saturated heterocycles. The monoisotopic (exact) mass is 595 g/mol. The van der Waals surface area contributed by atoms with Crippen molar-refractivity contribution >= 4 is 61.4 Å². The lowest BCUT2D eigenvalue weighted by molar-refractivity contribution is -0.121. The molecule has 0 saturated carbocycles. The van der Waals surface area contributed by atoms with Gasteiger partial charge >= 0.3 is 5.97 Å². The molecular formula is C26H27Cl2N3O5S2. The van der Waals surface area contributed by atoms with Crippen molar-refractivity contribution in [2.24, 2.45) is 0 Å². The lowest BCUT2D eigenvalue weighted by atomic mass is 10.1. The summed E-state index contributed by atoms with van der Waals surface area (Å²) in [4.78, 5) is 28.5. The van der Waals surface area contributed by atoms with Crippen LogP contribution in [0.5, 0.6) is 0 Å². The SMILES string of the molecule is CCOC(=O)c1cc(-c2ccccc2)sc1NC(=O)[C@H](C)N1CCN(S(=O)(=O)c2cc(Cl)ccc2Cl)CC1. The van der Waals surface area contributed by atoms with Gasteiger partial charge in [-0.2, -0.15) is 4.31 Å². The van der Waals surface area contributed by atoms with Crippen LogP contribution >= 0.6 is 34.5 Å². The van der Waals surface area contributed by atoms with Crippen LogP contribution in [-0.4, -0.2) is 68.3 Å². The van der Waals surface area contributed by atoms with E-state index in [4.69, 9.17) is 27.9 Å². The summed E-state index contributed by atoms with van der Waals surface area (Å²) >= 11 is 13.4. The molecule has 0 bridgehead atoms. The van der Waals surface area contributed by atoms with Gasteiger partial charge in [0.1, 0.15) is 9.90 Å². The molecule has 2 heterocycles. The highest BCUT2D eigenvalue weighted by Crippen LogP contribution is 2.36. The molecule has 1 amide bonds. The van der Waals surface area contributed by atoms with Gasteiger partial charge in [-0.25, -0.2) is 13.2 Å². The summed E-state index contributed by atoms with van der Waals surface area (Å²) in [5, 5.41) is 3.69. The zero-order valence-corrected chi connectivity index (χ0v) is 24.0. The Morgan fingerprint density at radius 1 is 1.05 bits per heavy atom. The molecule has 2 aromatic carbocycles. The number of amides is 1. The van der Waals surface area contributed by atoms with Crippen LogP contribution in [0.4, 0.5) is 5.00 Å². The second kappa shape index (κ2) is 12.1. The molecule has 1 N–H and O–H groups in total. The second-order valence-corrected chi connectivity index (χ2v) is 12.4. The number of anilines is 1. The maximum absolute atomic E-state index is 13.2. The predicted molar refractivity (Wildman–Crippen MR) is 151 cm³/mol. The molecule has 1 aliphatic heterocycles. The molecule has 0 radical (unpaired) electrons. The lowest BCUT2D eigenvalue weighted by Gasteiger charge is -2.36. The first kappa shape index (κ1) is 28.5. The molecule has 1 aromatic heterocycles. The number of carbonyl (C=O) groups excluding carboxylic acids is 2. The van der Waals surface area contributed by atoms with Gasteiger partial charge in [0.2, 0.25) is 15.9 Å². The van der Waals surface area contributed by atoms with Crippen LogP contribution in [-0.2, 0) is 19.6 Å². The summed E-state index contributed by atoms with van der Waals surface area (Å²) in [7, 11) is -3.84. The zero-order valence-electron chi connectivity index (χ0n) is 20.8. The molecule has 0 unspecified atom stereocenters. The van der Waals surface area contributed by atoms with E-state index in [1.807, 2.05) is 35.2 Å². The minimum absolute atomic E-state index is 0.0377. The Hall–Kier alpha value is -2.47. The molecular weight excluding hydrogens is 569 g/mol. The quantitative estimate of drug-likeness (QED) is 0.358. The van der Waals surface area contributed by atoms with Crippen LogP contribution in [0.25, 0.3) is 10.4 Å². The molecule has 12 heteroatoms. The Morgan fingerprint density at radius 3 is 2.39 bits per heavy atom. The predicted octanol–water partition coefficient (Wildman–Crippen LogP) is 5.23. The normalized spacial score (nSPS) is 15.7. The first-order valence-electron chi connectivity index (χ1n) is 12.0. The largest absolute Gasteiger partial charge is 0.462 e. The van der Waals surface area contributed by atoms with Crippen molar-refractivity contribution in [1.29, 1.82) is 0 Å². The number of rotatable bonds is 8. The molecule has 3 aromatic rings. The first-order chi connectivity index (χ1) is 18.1. The van der Waals surface area contributed by atoms with Crippen LogP contribution in [0.15, 0.2) is 59.5 Å². The third kappa shape index (κ3) is 6.22. The fourth-order valence-electron chi connectivity index (χ4n) is 4.12. The number of hydrogen-bond donors (Lipinski definition) is 1. The molecule has 8 nitrogen and oxygen atoms in total. The fraction of sp³-hybridized carbons (Fsp3) is 0.308. The number of ether oxygens (including phenoxy) is 1. The van der Waals surface area contributed by atoms with E-state index in [0.717, 1.165) is 10.4 Å². The highest BCUT2D eigenvalue weighted by atomic mass is 35.5. The molecule has 4 rings (SSSR count). The van der Waals surface area contributed by atoms with Crippen LogP contribution in [0.3, 0.4) is 0 Å². The van der Waals surface area contributed by atoms with Gasteiger partial charge in [-0.1, -0.05) is 53.5 Å². The van der Waals surface area contributed by atoms with Crippen molar-refractivity contribution in [2.45, 2.75) is 24.8 Å². The van der Waals surface area contributed by atoms with Crippen LogP contribution in [0, 0.1) is 0 Å². The third-order valence-corrected chi connectivity index (χ3v) is 9.95. The molecule has 0 aliphatic carbocycles. The van der Waals surface area contributed by atoms with Crippen molar-refractivity contribution in [2.75, 3.05) is 38.1 Å². The number of carbonyl (C=O) groups is 2. The second-order valence-electron chi connectivity index (χ2n) is 8.62. The van der Waals surface area contributed by atoms with Gasteiger partial charge in [0, 0.05) is 36.1 Å². The minimum atomic E-state index is -3.84. The average molecular weight is 597 g/mol. The van der Waals surface area contributed by atoms with E-state index >= 15 is 0 Å². The summed E-state index contributed by atoms with van der Waals surface area (Å²) in [5.74, 6) is -0.807. The van der Waals surface area contributed by atoms with Gasteiger partial charge < -0.3 is 10.1 Å². The number of esters is 1. The van der Waals surface area contributed by atoms with Crippen LogP contribution < -0.4 is 5.32 Å². The number of nitrogens with zero attached hydrogens (tertiary/aromatic N) is 2. The number of benzene rings is 2.